The Kier molecular flexibility index (Phi) is 4.66. The van der Waals surface area contributed by atoms with E-state index in [-0.39, 0.29) is 11.3 Å². The number of hydrogen-bond donors (Lipinski definition) is 1. The molecule has 0 radical (unpaired) electrons. The van der Waals surface area contributed by atoms with Crippen LogP contribution >= 0.6 is 23.4 Å². The summed E-state index contributed by atoms with van der Waals surface area (Å²) in [6.45, 7) is 0.535. The van der Waals surface area contributed by atoms with Crippen LogP contribution in [-0.2, 0) is 0 Å². The van der Waals surface area contributed by atoms with E-state index in [2.05, 4.69) is 5.32 Å². The maximum atomic E-state index is 12.0. The fraction of sp³-hybridized carbons (Fsp3) is 0.417. The van der Waals surface area contributed by atoms with Gasteiger partial charge in [0.1, 0.15) is 5.56 Å². The molecule has 2 rings (SSSR count). The van der Waals surface area contributed by atoms with Gasteiger partial charge >= 0.3 is 0 Å². The number of hydrogen-bond acceptors (Lipinski definition) is 4. The number of benzene rings is 1. The molecule has 1 amide bonds. The van der Waals surface area contributed by atoms with E-state index >= 15 is 0 Å². The molecule has 1 aromatic carbocycles. The van der Waals surface area contributed by atoms with Crippen molar-refractivity contribution in [2.24, 2.45) is 0 Å². The van der Waals surface area contributed by atoms with Crippen LogP contribution in [-0.4, -0.2) is 28.4 Å². The fourth-order valence-electron chi connectivity index (χ4n) is 1.96. The number of amides is 1. The third kappa shape index (κ3) is 3.61. The molecule has 5 nitrogen and oxygen atoms in total. The molecule has 0 aromatic heterocycles. The van der Waals surface area contributed by atoms with E-state index in [9.17, 15) is 14.9 Å². The van der Waals surface area contributed by atoms with E-state index in [0.29, 0.717) is 16.8 Å². The van der Waals surface area contributed by atoms with Crippen molar-refractivity contribution in [1.29, 1.82) is 0 Å². The Morgan fingerprint density at radius 3 is 3.00 bits per heavy atom. The number of rotatable bonds is 4. The van der Waals surface area contributed by atoms with Crippen molar-refractivity contribution in [2.45, 2.75) is 18.1 Å². The van der Waals surface area contributed by atoms with Crippen LogP contribution in [0.1, 0.15) is 23.2 Å². The molecule has 102 valence electrons. The predicted molar refractivity (Wildman–Crippen MR) is 75.9 cm³/mol. The molecule has 0 bridgehead atoms. The Balaban J connectivity index is 2.08. The second-order valence-electron chi connectivity index (χ2n) is 4.26. The molecule has 1 aliphatic rings. The highest BCUT2D eigenvalue weighted by atomic mass is 35.5. The normalized spacial score (nSPS) is 18.3. The maximum absolute atomic E-state index is 12.0. The lowest BCUT2D eigenvalue weighted by Gasteiger charge is -2.10. The summed E-state index contributed by atoms with van der Waals surface area (Å²) in [6.07, 6.45) is 2.23. The lowest BCUT2D eigenvalue weighted by Crippen LogP contribution is -2.30. The summed E-state index contributed by atoms with van der Waals surface area (Å²) in [5.41, 5.74) is -0.207. The van der Waals surface area contributed by atoms with E-state index in [1.54, 1.807) is 0 Å². The Bertz CT molecular complexity index is 504. The van der Waals surface area contributed by atoms with Crippen molar-refractivity contribution < 1.29 is 9.72 Å². The minimum atomic E-state index is -0.574. The smallest absolute Gasteiger partial charge is 0.282 e. The van der Waals surface area contributed by atoms with Crippen molar-refractivity contribution in [3.05, 3.63) is 38.9 Å². The zero-order valence-corrected chi connectivity index (χ0v) is 11.7. The molecule has 1 N–H and O–H groups in total. The monoisotopic (exact) mass is 300 g/mol. The summed E-state index contributed by atoms with van der Waals surface area (Å²) < 4.78 is 0. The molecule has 7 heteroatoms. The first-order valence-electron chi connectivity index (χ1n) is 5.91. The van der Waals surface area contributed by atoms with E-state index < -0.39 is 10.8 Å². The SMILES string of the molecule is O=C(NC[C@@H]1CCCS1)c1cc(Cl)ccc1[N+](=O)[O-]. The number of thioether (sulfide) groups is 1. The summed E-state index contributed by atoms with van der Waals surface area (Å²) in [6, 6.07) is 3.99. The van der Waals surface area contributed by atoms with Gasteiger partial charge in [0.25, 0.3) is 11.6 Å². The minimum absolute atomic E-state index is 0.0143. The highest BCUT2D eigenvalue weighted by Crippen LogP contribution is 2.26. The largest absolute Gasteiger partial charge is 0.351 e. The Hall–Kier alpha value is -1.27. The van der Waals surface area contributed by atoms with Gasteiger partial charge < -0.3 is 5.32 Å². The molecule has 0 saturated carbocycles. The minimum Gasteiger partial charge on any atom is -0.351 e. The number of halogens is 1. The summed E-state index contributed by atoms with van der Waals surface area (Å²) in [7, 11) is 0. The Labute approximate surface area is 119 Å². The molecule has 1 aromatic rings. The predicted octanol–water partition coefficient (Wildman–Crippen LogP) is 2.87. The molecule has 0 spiro atoms. The number of carbonyl (C=O) groups is 1. The van der Waals surface area contributed by atoms with Crippen LogP contribution < -0.4 is 5.32 Å². The molecule has 1 saturated heterocycles. The first kappa shape index (κ1) is 14.1. The highest BCUT2D eigenvalue weighted by molar-refractivity contribution is 8.00. The quantitative estimate of drug-likeness (QED) is 0.685. The van der Waals surface area contributed by atoms with Crippen LogP contribution in [0.4, 0.5) is 5.69 Å². The van der Waals surface area contributed by atoms with E-state index in [1.807, 2.05) is 11.8 Å². The van der Waals surface area contributed by atoms with Crippen molar-refractivity contribution in [3.63, 3.8) is 0 Å². The van der Waals surface area contributed by atoms with Gasteiger partial charge in [-0.3, -0.25) is 14.9 Å². The molecular weight excluding hydrogens is 288 g/mol. The fourth-order valence-corrected chi connectivity index (χ4v) is 3.33. The topological polar surface area (TPSA) is 72.2 Å². The number of nitro groups is 1. The van der Waals surface area contributed by atoms with E-state index in [1.165, 1.54) is 18.2 Å². The van der Waals surface area contributed by atoms with Crippen molar-refractivity contribution in [2.75, 3.05) is 12.3 Å². The van der Waals surface area contributed by atoms with Gasteiger partial charge in [0.15, 0.2) is 0 Å². The van der Waals surface area contributed by atoms with Gasteiger partial charge in [0.2, 0.25) is 0 Å². The zero-order chi connectivity index (χ0) is 13.8. The van der Waals surface area contributed by atoms with Gasteiger partial charge in [-0.1, -0.05) is 11.6 Å². The second kappa shape index (κ2) is 6.25. The molecule has 1 aliphatic heterocycles. The first-order chi connectivity index (χ1) is 9.08. The lowest BCUT2D eigenvalue weighted by atomic mass is 10.1. The molecule has 0 aliphatic carbocycles. The van der Waals surface area contributed by atoms with Gasteiger partial charge in [-0.2, -0.15) is 11.8 Å². The molecule has 1 heterocycles. The van der Waals surface area contributed by atoms with Gasteiger partial charge in [0.05, 0.1) is 4.92 Å². The van der Waals surface area contributed by atoms with Crippen molar-refractivity contribution in [3.8, 4) is 0 Å². The average molecular weight is 301 g/mol. The Morgan fingerprint density at radius 1 is 1.58 bits per heavy atom. The first-order valence-corrected chi connectivity index (χ1v) is 7.34. The van der Waals surface area contributed by atoms with Crippen LogP contribution in [0.15, 0.2) is 18.2 Å². The third-order valence-electron chi connectivity index (χ3n) is 2.91. The molecule has 19 heavy (non-hydrogen) atoms. The molecule has 1 fully saturated rings. The average Bonchev–Trinajstić information content (AvgIpc) is 2.88. The van der Waals surface area contributed by atoms with Crippen molar-refractivity contribution >= 4 is 35.0 Å². The zero-order valence-electron chi connectivity index (χ0n) is 10.1. The number of nitro benzene ring substituents is 1. The third-order valence-corrected chi connectivity index (χ3v) is 4.55. The number of carbonyl (C=O) groups excluding carboxylic acids is 1. The van der Waals surface area contributed by atoms with Crippen LogP contribution in [0.2, 0.25) is 5.02 Å². The molecule has 0 unspecified atom stereocenters. The van der Waals surface area contributed by atoms with Crippen LogP contribution in [0.5, 0.6) is 0 Å². The van der Waals surface area contributed by atoms with Crippen LogP contribution in [0.25, 0.3) is 0 Å². The summed E-state index contributed by atoms with van der Waals surface area (Å²) in [4.78, 5) is 22.3. The molecular formula is C12H13ClN2O3S. The lowest BCUT2D eigenvalue weighted by molar-refractivity contribution is -0.385. The summed E-state index contributed by atoms with van der Waals surface area (Å²) in [5, 5.41) is 14.3. The van der Waals surface area contributed by atoms with E-state index in [4.69, 9.17) is 11.6 Å². The maximum Gasteiger partial charge on any atom is 0.282 e. The van der Waals surface area contributed by atoms with Crippen LogP contribution in [0, 0.1) is 10.1 Å². The number of nitrogens with zero attached hydrogens (tertiary/aromatic N) is 1. The second-order valence-corrected chi connectivity index (χ2v) is 6.11. The van der Waals surface area contributed by atoms with Crippen molar-refractivity contribution in [1.82, 2.24) is 5.32 Å². The van der Waals surface area contributed by atoms with Gasteiger partial charge in [0, 0.05) is 22.9 Å². The van der Waals surface area contributed by atoms with Gasteiger partial charge in [-0.15, -0.1) is 0 Å². The highest BCUT2D eigenvalue weighted by Gasteiger charge is 2.22. The Morgan fingerprint density at radius 2 is 2.37 bits per heavy atom. The van der Waals surface area contributed by atoms with Gasteiger partial charge in [-0.05, 0) is 30.7 Å². The summed E-state index contributed by atoms with van der Waals surface area (Å²) in [5.74, 6) is 0.666. The van der Waals surface area contributed by atoms with E-state index in [0.717, 1.165) is 18.6 Å². The summed E-state index contributed by atoms with van der Waals surface area (Å²) >= 11 is 7.60. The molecule has 1 atom stereocenters. The van der Waals surface area contributed by atoms with Gasteiger partial charge in [-0.25, -0.2) is 0 Å². The standard InChI is InChI=1S/C12H13ClN2O3S/c13-8-3-4-11(15(17)18)10(6-8)12(16)14-7-9-2-1-5-19-9/h3-4,6,9H,1-2,5,7H2,(H,14,16)/t9-/m0/s1. The van der Waals surface area contributed by atoms with Crippen LogP contribution in [0.3, 0.4) is 0 Å². The number of nitrogens with one attached hydrogen (secondary N) is 1.